The summed E-state index contributed by atoms with van der Waals surface area (Å²) in [5, 5.41) is 0. The third kappa shape index (κ3) is 2.82. The van der Waals surface area contributed by atoms with E-state index in [-0.39, 0.29) is 12.2 Å². The molecule has 3 nitrogen and oxygen atoms in total. The summed E-state index contributed by atoms with van der Waals surface area (Å²) in [6.45, 7) is -1.04. The van der Waals surface area contributed by atoms with E-state index < -0.39 is 12.7 Å². The molecule has 0 heterocycles. The maximum atomic E-state index is 11.7. The van der Waals surface area contributed by atoms with Gasteiger partial charge in [-0.05, 0) is 6.26 Å². The van der Waals surface area contributed by atoms with Gasteiger partial charge >= 0.3 is 0 Å². The van der Waals surface area contributed by atoms with Gasteiger partial charge in [0.2, 0.25) is 12.3 Å². The molecule has 0 aromatic rings. The van der Waals surface area contributed by atoms with E-state index in [1.165, 1.54) is 11.8 Å². The zero-order valence-corrected chi connectivity index (χ0v) is 6.36. The van der Waals surface area contributed by atoms with Crippen molar-refractivity contribution in [3.8, 4) is 0 Å². The van der Waals surface area contributed by atoms with Crippen LogP contribution >= 0.6 is 11.8 Å². The van der Waals surface area contributed by atoms with Gasteiger partial charge < -0.3 is 0 Å². The summed E-state index contributed by atoms with van der Waals surface area (Å²) in [6.07, 6.45) is 1.90. The number of nitrogens with zero attached hydrogens (tertiary/aromatic N) is 1. The van der Waals surface area contributed by atoms with Crippen LogP contribution in [-0.4, -0.2) is 36.0 Å². The van der Waals surface area contributed by atoms with Crippen molar-refractivity contribution in [3.05, 3.63) is 0 Å². The molecule has 0 saturated carbocycles. The van der Waals surface area contributed by atoms with Gasteiger partial charge in [0.1, 0.15) is 0 Å². The fraction of sp³-hybridized carbons (Fsp3) is 0.600. The van der Waals surface area contributed by atoms with E-state index >= 15 is 0 Å². The molecule has 0 aliphatic heterocycles. The lowest BCUT2D eigenvalue weighted by Crippen LogP contribution is -2.30. The average molecular weight is 165 g/mol. The highest BCUT2D eigenvalue weighted by molar-refractivity contribution is 7.99. The third-order valence-electron chi connectivity index (χ3n) is 0.844. The maximum Gasteiger partial charge on any atom is 0.241 e. The lowest BCUT2D eigenvalue weighted by Gasteiger charge is -2.08. The lowest BCUT2D eigenvalue weighted by atomic mass is 10.6. The molecule has 0 radical (unpaired) electrons. The van der Waals surface area contributed by atoms with Crippen LogP contribution in [0.5, 0.6) is 0 Å². The van der Waals surface area contributed by atoms with Crippen LogP contribution in [0.2, 0.25) is 0 Å². The number of amides is 2. The second-order valence-electron chi connectivity index (χ2n) is 1.52. The van der Waals surface area contributed by atoms with Crippen molar-refractivity contribution < 1.29 is 14.0 Å². The first kappa shape index (κ1) is 9.42. The van der Waals surface area contributed by atoms with Crippen molar-refractivity contribution in [1.82, 2.24) is 4.90 Å². The van der Waals surface area contributed by atoms with E-state index in [4.69, 9.17) is 0 Å². The summed E-state index contributed by atoms with van der Waals surface area (Å²) in [6, 6.07) is 0. The number of halogens is 1. The second-order valence-corrected chi connectivity index (χ2v) is 2.39. The summed E-state index contributed by atoms with van der Waals surface area (Å²) < 4.78 is 11.7. The van der Waals surface area contributed by atoms with Crippen LogP contribution in [0.4, 0.5) is 4.39 Å². The molecule has 5 heteroatoms. The van der Waals surface area contributed by atoms with Crippen molar-refractivity contribution in [2.75, 3.05) is 18.8 Å². The van der Waals surface area contributed by atoms with Crippen molar-refractivity contribution in [1.29, 1.82) is 0 Å². The lowest BCUT2D eigenvalue weighted by molar-refractivity contribution is -0.137. The van der Waals surface area contributed by atoms with Gasteiger partial charge in [-0.15, -0.1) is 0 Å². The number of hydrogen-bond acceptors (Lipinski definition) is 3. The number of alkyl halides is 1. The van der Waals surface area contributed by atoms with Crippen molar-refractivity contribution >= 4 is 24.1 Å². The molecular formula is C5H8FNO2S. The first-order valence-corrected chi connectivity index (χ1v) is 3.95. The molecule has 0 unspecified atom stereocenters. The molecule has 2 amide bonds. The maximum absolute atomic E-state index is 11.7. The van der Waals surface area contributed by atoms with Crippen LogP contribution in [0.3, 0.4) is 0 Å². The summed E-state index contributed by atoms with van der Waals surface area (Å²) in [5.74, 6) is -0.354. The molecule has 0 atom stereocenters. The number of hydrogen-bond donors (Lipinski definition) is 0. The summed E-state index contributed by atoms with van der Waals surface area (Å²) in [7, 11) is 0. The largest absolute Gasteiger partial charge is 0.278 e. The van der Waals surface area contributed by atoms with E-state index in [1.807, 2.05) is 0 Å². The Morgan fingerprint density at radius 1 is 1.80 bits per heavy atom. The summed E-state index contributed by atoms with van der Waals surface area (Å²) in [4.78, 5) is 21.0. The number of imide groups is 1. The first-order valence-electron chi connectivity index (χ1n) is 2.56. The van der Waals surface area contributed by atoms with Crippen LogP contribution < -0.4 is 0 Å². The fourth-order valence-corrected chi connectivity index (χ4v) is 0.773. The van der Waals surface area contributed by atoms with E-state index in [9.17, 15) is 14.0 Å². The summed E-state index contributed by atoms with van der Waals surface area (Å²) >= 11 is 1.25. The Morgan fingerprint density at radius 3 is 2.70 bits per heavy atom. The van der Waals surface area contributed by atoms with Crippen molar-refractivity contribution in [2.45, 2.75) is 0 Å². The van der Waals surface area contributed by atoms with E-state index in [2.05, 4.69) is 0 Å². The van der Waals surface area contributed by atoms with Crippen LogP contribution in [0, 0.1) is 0 Å². The number of carbonyl (C=O) groups is 2. The molecule has 0 rings (SSSR count). The standard InChI is InChI=1S/C5H8FNO2S/c1-10-2-5(9)7(3-6)4-8/h4H,2-3H2,1H3. The quantitative estimate of drug-likeness (QED) is 0.443. The molecule has 0 N–H and O–H groups in total. The smallest absolute Gasteiger partial charge is 0.241 e. The number of carbonyl (C=O) groups excluding carboxylic acids is 2. The Bertz CT molecular complexity index is 131. The van der Waals surface area contributed by atoms with Crippen LogP contribution in [0.25, 0.3) is 0 Å². The van der Waals surface area contributed by atoms with E-state index in [0.29, 0.717) is 4.90 Å². The molecule has 0 aromatic carbocycles. The minimum absolute atomic E-state index is 0.142. The van der Waals surface area contributed by atoms with E-state index in [0.717, 1.165) is 0 Å². The highest BCUT2D eigenvalue weighted by Gasteiger charge is 2.09. The zero-order valence-electron chi connectivity index (χ0n) is 5.54. The van der Waals surface area contributed by atoms with Crippen LogP contribution in [0.15, 0.2) is 0 Å². The molecule has 0 fully saturated rings. The minimum atomic E-state index is -1.04. The van der Waals surface area contributed by atoms with Gasteiger partial charge in [0.05, 0.1) is 5.75 Å². The first-order chi connectivity index (χ1) is 4.76. The Hall–Kier alpha value is -0.580. The summed E-state index contributed by atoms with van der Waals surface area (Å²) in [5.41, 5.74) is 0. The van der Waals surface area contributed by atoms with Gasteiger partial charge in [0.15, 0.2) is 6.80 Å². The fourth-order valence-electron chi connectivity index (χ4n) is 0.360. The third-order valence-corrected chi connectivity index (χ3v) is 1.38. The molecule has 0 spiro atoms. The minimum Gasteiger partial charge on any atom is -0.278 e. The van der Waals surface area contributed by atoms with Gasteiger partial charge in [-0.1, -0.05) is 0 Å². The van der Waals surface area contributed by atoms with Crippen molar-refractivity contribution in [2.24, 2.45) is 0 Å². The average Bonchev–Trinajstić information content (AvgIpc) is 1.91. The Kier molecular flexibility index (Phi) is 4.92. The number of thioether (sulfide) groups is 1. The molecule has 0 aliphatic carbocycles. The molecular weight excluding hydrogens is 157 g/mol. The molecule has 0 aromatic heterocycles. The van der Waals surface area contributed by atoms with Gasteiger partial charge in [0, 0.05) is 0 Å². The second kappa shape index (κ2) is 5.22. The van der Waals surface area contributed by atoms with Crippen molar-refractivity contribution in [3.63, 3.8) is 0 Å². The zero-order chi connectivity index (χ0) is 7.98. The number of rotatable bonds is 4. The van der Waals surface area contributed by atoms with Crippen LogP contribution in [0.1, 0.15) is 0 Å². The van der Waals surface area contributed by atoms with Crippen LogP contribution in [-0.2, 0) is 9.59 Å². The molecule has 0 bridgehead atoms. The van der Waals surface area contributed by atoms with Gasteiger partial charge in [-0.3, -0.25) is 14.5 Å². The van der Waals surface area contributed by atoms with Gasteiger partial charge in [-0.25, -0.2) is 4.39 Å². The highest BCUT2D eigenvalue weighted by atomic mass is 32.2. The van der Waals surface area contributed by atoms with Gasteiger partial charge in [-0.2, -0.15) is 11.8 Å². The Balaban J connectivity index is 3.76. The highest BCUT2D eigenvalue weighted by Crippen LogP contribution is 1.95. The molecule has 0 saturated heterocycles. The molecule has 10 heavy (non-hydrogen) atoms. The van der Waals surface area contributed by atoms with Gasteiger partial charge in [0.25, 0.3) is 0 Å². The predicted octanol–water partition coefficient (Wildman–Crippen LogP) is 0.261. The van der Waals surface area contributed by atoms with E-state index in [1.54, 1.807) is 6.26 Å². The Labute approximate surface area is 62.6 Å². The monoisotopic (exact) mass is 165 g/mol. The normalized spacial score (nSPS) is 9.00. The topological polar surface area (TPSA) is 37.4 Å². The molecule has 58 valence electrons. The molecule has 0 aliphatic rings. The Morgan fingerprint density at radius 2 is 2.40 bits per heavy atom. The SMILES string of the molecule is CSCC(=O)N(C=O)CF. The predicted molar refractivity (Wildman–Crippen MR) is 37.3 cm³/mol.